The zero-order valence-corrected chi connectivity index (χ0v) is 8.26. The molecule has 0 aromatic heterocycles. The summed E-state index contributed by atoms with van der Waals surface area (Å²) in [6.07, 6.45) is 2.64. The van der Waals surface area contributed by atoms with Crippen molar-refractivity contribution in [1.82, 2.24) is 0 Å². The third-order valence-corrected chi connectivity index (χ3v) is 2.58. The molecule has 1 aromatic carbocycles. The highest BCUT2D eigenvalue weighted by Gasteiger charge is 2.22. The molecular weight excluding hydrogens is 184 g/mol. The fraction of sp³-hybridized carbons (Fsp3) is 0.455. The Balaban J connectivity index is 1.99. The molecule has 0 saturated heterocycles. The van der Waals surface area contributed by atoms with E-state index in [1.165, 1.54) is 12.8 Å². The monoisotopic (exact) mass is 196 g/mol. The highest BCUT2D eigenvalue weighted by molar-refractivity contribution is 6.17. The molecule has 1 nitrogen and oxygen atoms in total. The molecular formula is C11H13ClO. The number of para-hydroxylation sites is 1. The summed E-state index contributed by atoms with van der Waals surface area (Å²) in [5, 5.41) is 0. The van der Waals surface area contributed by atoms with E-state index in [0.717, 1.165) is 23.8 Å². The van der Waals surface area contributed by atoms with Crippen LogP contribution in [0.1, 0.15) is 18.4 Å². The molecule has 1 saturated carbocycles. The summed E-state index contributed by atoms with van der Waals surface area (Å²) in [6.45, 7) is 0.855. The average molecular weight is 197 g/mol. The average Bonchev–Trinajstić information content (AvgIpc) is 2.99. The standard InChI is InChI=1S/C11H13ClO/c12-7-10-3-1-2-4-11(10)13-8-9-5-6-9/h1-4,9H,5-8H2. The van der Waals surface area contributed by atoms with Crippen molar-refractivity contribution in [2.45, 2.75) is 18.7 Å². The van der Waals surface area contributed by atoms with Crippen LogP contribution in [0.3, 0.4) is 0 Å². The maximum Gasteiger partial charge on any atom is 0.123 e. The Kier molecular flexibility index (Phi) is 2.74. The first-order valence-electron chi connectivity index (χ1n) is 4.67. The van der Waals surface area contributed by atoms with E-state index < -0.39 is 0 Å². The predicted octanol–water partition coefficient (Wildman–Crippen LogP) is 3.21. The molecule has 0 radical (unpaired) electrons. The Morgan fingerprint density at radius 3 is 2.77 bits per heavy atom. The van der Waals surface area contributed by atoms with Gasteiger partial charge in [-0.15, -0.1) is 11.6 Å². The van der Waals surface area contributed by atoms with E-state index in [9.17, 15) is 0 Å². The number of hydrogen-bond donors (Lipinski definition) is 0. The van der Waals surface area contributed by atoms with E-state index in [2.05, 4.69) is 0 Å². The van der Waals surface area contributed by atoms with Gasteiger partial charge in [-0.3, -0.25) is 0 Å². The molecule has 1 aliphatic rings. The molecule has 0 bridgehead atoms. The first-order chi connectivity index (χ1) is 6.40. The Bertz CT molecular complexity index is 281. The number of rotatable bonds is 4. The van der Waals surface area contributed by atoms with Crippen molar-refractivity contribution in [3.63, 3.8) is 0 Å². The minimum Gasteiger partial charge on any atom is -0.493 e. The van der Waals surface area contributed by atoms with Gasteiger partial charge >= 0.3 is 0 Å². The maximum atomic E-state index is 5.78. The number of alkyl halides is 1. The van der Waals surface area contributed by atoms with Crippen molar-refractivity contribution in [1.29, 1.82) is 0 Å². The van der Waals surface area contributed by atoms with E-state index in [1.54, 1.807) is 0 Å². The Labute approximate surface area is 83.7 Å². The number of hydrogen-bond acceptors (Lipinski definition) is 1. The fourth-order valence-corrected chi connectivity index (χ4v) is 1.47. The van der Waals surface area contributed by atoms with Crippen LogP contribution in [0.4, 0.5) is 0 Å². The van der Waals surface area contributed by atoms with Crippen LogP contribution in [0.15, 0.2) is 24.3 Å². The Morgan fingerprint density at radius 2 is 2.08 bits per heavy atom. The van der Waals surface area contributed by atoms with Crippen LogP contribution in [0.25, 0.3) is 0 Å². The first-order valence-corrected chi connectivity index (χ1v) is 5.20. The van der Waals surface area contributed by atoms with Gasteiger partial charge in [0.05, 0.1) is 12.5 Å². The van der Waals surface area contributed by atoms with Crippen LogP contribution in [0, 0.1) is 5.92 Å². The van der Waals surface area contributed by atoms with Gasteiger partial charge in [-0.1, -0.05) is 18.2 Å². The van der Waals surface area contributed by atoms with E-state index in [1.807, 2.05) is 24.3 Å². The summed E-state index contributed by atoms with van der Waals surface area (Å²) >= 11 is 5.78. The molecule has 0 atom stereocenters. The van der Waals surface area contributed by atoms with Gasteiger partial charge in [0, 0.05) is 5.56 Å². The lowest BCUT2D eigenvalue weighted by Crippen LogP contribution is -2.00. The highest BCUT2D eigenvalue weighted by atomic mass is 35.5. The smallest absolute Gasteiger partial charge is 0.123 e. The quantitative estimate of drug-likeness (QED) is 0.672. The minimum absolute atomic E-state index is 0.529. The lowest BCUT2D eigenvalue weighted by molar-refractivity contribution is 0.297. The molecule has 2 heteroatoms. The molecule has 70 valence electrons. The fourth-order valence-electron chi connectivity index (χ4n) is 1.25. The topological polar surface area (TPSA) is 9.23 Å². The molecule has 1 aromatic rings. The molecule has 0 spiro atoms. The highest BCUT2D eigenvalue weighted by Crippen LogP contribution is 2.30. The maximum absolute atomic E-state index is 5.78. The summed E-state index contributed by atoms with van der Waals surface area (Å²) < 4.78 is 5.67. The van der Waals surface area contributed by atoms with E-state index >= 15 is 0 Å². The van der Waals surface area contributed by atoms with Gasteiger partial charge in [0.15, 0.2) is 0 Å². The number of ether oxygens (including phenoxy) is 1. The van der Waals surface area contributed by atoms with Gasteiger partial charge in [-0.25, -0.2) is 0 Å². The Hall–Kier alpha value is -0.690. The SMILES string of the molecule is ClCc1ccccc1OCC1CC1. The Morgan fingerprint density at radius 1 is 1.31 bits per heavy atom. The molecule has 2 rings (SSSR count). The second kappa shape index (κ2) is 4.01. The minimum atomic E-state index is 0.529. The molecule has 1 aliphatic carbocycles. The summed E-state index contributed by atoms with van der Waals surface area (Å²) in [6, 6.07) is 7.97. The van der Waals surface area contributed by atoms with E-state index in [0.29, 0.717) is 5.88 Å². The van der Waals surface area contributed by atoms with Crippen LogP contribution < -0.4 is 4.74 Å². The summed E-state index contributed by atoms with van der Waals surface area (Å²) in [5.41, 5.74) is 1.09. The van der Waals surface area contributed by atoms with E-state index in [-0.39, 0.29) is 0 Å². The lowest BCUT2D eigenvalue weighted by Gasteiger charge is -2.08. The van der Waals surface area contributed by atoms with Crippen LogP contribution in [0.5, 0.6) is 5.75 Å². The zero-order valence-electron chi connectivity index (χ0n) is 7.50. The molecule has 0 N–H and O–H groups in total. The molecule has 1 fully saturated rings. The van der Waals surface area contributed by atoms with Gasteiger partial charge < -0.3 is 4.74 Å². The van der Waals surface area contributed by atoms with Crippen LogP contribution >= 0.6 is 11.6 Å². The number of halogens is 1. The number of benzene rings is 1. The summed E-state index contributed by atoms with van der Waals surface area (Å²) in [4.78, 5) is 0. The van der Waals surface area contributed by atoms with Crippen molar-refractivity contribution in [2.24, 2.45) is 5.92 Å². The summed E-state index contributed by atoms with van der Waals surface area (Å²) in [7, 11) is 0. The van der Waals surface area contributed by atoms with Crippen molar-refractivity contribution >= 4 is 11.6 Å². The van der Waals surface area contributed by atoms with Crippen molar-refractivity contribution < 1.29 is 4.74 Å². The molecule has 0 heterocycles. The van der Waals surface area contributed by atoms with Crippen molar-refractivity contribution in [3.05, 3.63) is 29.8 Å². The lowest BCUT2D eigenvalue weighted by atomic mass is 10.2. The second-order valence-electron chi connectivity index (χ2n) is 3.50. The molecule has 0 aliphatic heterocycles. The predicted molar refractivity (Wildman–Crippen MR) is 54.2 cm³/mol. The van der Waals surface area contributed by atoms with Gasteiger partial charge in [-0.05, 0) is 24.8 Å². The van der Waals surface area contributed by atoms with Gasteiger partial charge in [0.1, 0.15) is 5.75 Å². The van der Waals surface area contributed by atoms with Gasteiger partial charge in [-0.2, -0.15) is 0 Å². The third kappa shape index (κ3) is 2.38. The van der Waals surface area contributed by atoms with Gasteiger partial charge in [0.25, 0.3) is 0 Å². The molecule has 13 heavy (non-hydrogen) atoms. The van der Waals surface area contributed by atoms with Crippen LogP contribution in [-0.2, 0) is 5.88 Å². The van der Waals surface area contributed by atoms with Gasteiger partial charge in [0.2, 0.25) is 0 Å². The van der Waals surface area contributed by atoms with Crippen molar-refractivity contribution in [2.75, 3.05) is 6.61 Å². The van der Waals surface area contributed by atoms with Crippen molar-refractivity contribution in [3.8, 4) is 5.75 Å². The van der Waals surface area contributed by atoms with E-state index in [4.69, 9.17) is 16.3 Å². The van der Waals surface area contributed by atoms with Crippen LogP contribution in [-0.4, -0.2) is 6.61 Å². The normalized spacial score (nSPS) is 15.8. The largest absolute Gasteiger partial charge is 0.493 e. The molecule has 0 amide bonds. The first kappa shape index (κ1) is 8.89. The summed E-state index contributed by atoms with van der Waals surface area (Å²) in [5.74, 6) is 2.27. The zero-order chi connectivity index (χ0) is 9.10. The van der Waals surface area contributed by atoms with Crippen LogP contribution in [0.2, 0.25) is 0 Å². The molecule has 0 unspecified atom stereocenters. The third-order valence-electron chi connectivity index (χ3n) is 2.29. The second-order valence-corrected chi connectivity index (χ2v) is 3.76.